The van der Waals surface area contributed by atoms with Crippen LogP contribution < -0.4 is 14.8 Å². The van der Waals surface area contributed by atoms with E-state index < -0.39 is 0 Å². The molecular formula is C17H28Cl2N2O2. The Balaban J connectivity index is 0.00000242. The molecule has 1 aliphatic heterocycles. The third-order valence-corrected chi connectivity index (χ3v) is 4.00. The van der Waals surface area contributed by atoms with Crippen LogP contribution in [-0.2, 0) is 0 Å². The highest BCUT2D eigenvalue weighted by Crippen LogP contribution is 2.32. The molecule has 0 bridgehead atoms. The molecule has 1 aromatic rings. The van der Waals surface area contributed by atoms with Crippen molar-refractivity contribution in [3.8, 4) is 11.5 Å². The maximum absolute atomic E-state index is 5.41. The summed E-state index contributed by atoms with van der Waals surface area (Å²) in [6.07, 6.45) is 4.07. The molecule has 0 saturated carbocycles. The third-order valence-electron chi connectivity index (χ3n) is 4.00. The molecule has 132 valence electrons. The Kier molecular flexibility index (Phi) is 11.1. The molecule has 1 aliphatic rings. The van der Waals surface area contributed by atoms with Gasteiger partial charge in [-0.05, 0) is 30.5 Å². The van der Waals surface area contributed by atoms with Gasteiger partial charge in [-0.3, -0.25) is 4.90 Å². The minimum atomic E-state index is 0. The van der Waals surface area contributed by atoms with Crippen molar-refractivity contribution in [2.24, 2.45) is 0 Å². The maximum Gasteiger partial charge on any atom is 0.122 e. The van der Waals surface area contributed by atoms with Crippen LogP contribution in [-0.4, -0.2) is 45.3 Å². The first kappa shape index (κ1) is 22.1. The van der Waals surface area contributed by atoms with Crippen molar-refractivity contribution in [2.75, 3.05) is 40.4 Å². The zero-order valence-corrected chi connectivity index (χ0v) is 15.5. The Morgan fingerprint density at radius 2 is 1.70 bits per heavy atom. The Labute approximate surface area is 152 Å². The summed E-state index contributed by atoms with van der Waals surface area (Å²) in [5.41, 5.74) is 1.26. The quantitative estimate of drug-likeness (QED) is 0.753. The molecule has 1 atom stereocenters. The van der Waals surface area contributed by atoms with Gasteiger partial charge in [0, 0.05) is 38.3 Å². The van der Waals surface area contributed by atoms with Crippen LogP contribution in [0.4, 0.5) is 0 Å². The van der Waals surface area contributed by atoms with E-state index in [4.69, 9.17) is 9.47 Å². The standard InChI is InChI=1S/C17H26N2O2.2ClH/c1-4-5-6-17(19-9-7-18-8-10-19)14-11-15(20-2)13-16(12-14)21-3;;/h4,11-13,17-18H,1,5-10H2,2-3H3;2*1H/t17-;;/m1../s1. The van der Waals surface area contributed by atoms with Gasteiger partial charge in [0.15, 0.2) is 0 Å². The molecule has 0 radical (unpaired) electrons. The topological polar surface area (TPSA) is 33.7 Å². The second-order valence-electron chi connectivity index (χ2n) is 5.31. The molecule has 0 aromatic heterocycles. The van der Waals surface area contributed by atoms with E-state index >= 15 is 0 Å². The van der Waals surface area contributed by atoms with Gasteiger partial charge in [-0.1, -0.05) is 6.08 Å². The fourth-order valence-electron chi connectivity index (χ4n) is 2.85. The zero-order valence-electron chi connectivity index (χ0n) is 13.9. The summed E-state index contributed by atoms with van der Waals surface area (Å²) in [5, 5.41) is 3.41. The van der Waals surface area contributed by atoms with Crippen LogP contribution in [0, 0.1) is 0 Å². The number of benzene rings is 1. The number of rotatable bonds is 7. The first-order valence-electron chi connectivity index (χ1n) is 7.57. The second kappa shape index (κ2) is 11.6. The van der Waals surface area contributed by atoms with E-state index in [9.17, 15) is 0 Å². The van der Waals surface area contributed by atoms with Crippen molar-refractivity contribution < 1.29 is 9.47 Å². The number of hydrogen-bond acceptors (Lipinski definition) is 4. The van der Waals surface area contributed by atoms with Crippen molar-refractivity contribution in [3.05, 3.63) is 36.4 Å². The fraction of sp³-hybridized carbons (Fsp3) is 0.529. The van der Waals surface area contributed by atoms with Gasteiger partial charge >= 0.3 is 0 Å². The van der Waals surface area contributed by atoms with Gasteiger partial charge in [0.25, 0.3) is 0 Å². The second-order valence-corrected chi connectivity index (χ2v) is 5.31. The molecule has 1 heterocycles. The van der Waals surface area contributed by atoms with Crippen LogP contribution in [0.2, 0.25) is 0 Å². The van der Waals surface area contributed by atoms with Crippen molar-refractivity contribution in [1.29, 1.82) is 0 Å². The van der Waals surface area contributed by atoms with Crippen LogP contribution in [0.3, 0.4) is 0 Å². The lowest BCUT2D eigenvalue weighted by atomic mass is 9.98. The Hall–Kier alpha value is -0.940. The number of halogens is 2. The van der Waals surface area contributed by atoms with E-state index in [1.165, 1.54) is 5.56 Å². The summed E-state index contributed by atoms with van der Waals surface area (Å²) in [7, 11) is 3.39. The molecule has 6 heteroatoms. The van der Waals surface area contributed by atoms with Gasteiger partial charge in [0.2, 0.25) is 0 Å². The monoisotopic (exact) mass is 362 g/mol. The zero-order chi connectivity index (χ0) is 15.1. The number of allylic oxidation sites excluding steroid dienone is 1. The van der Waals surface area contributed by atoms with E-state index in [-0.39, 0.29) is 24.8 Å². The van der Waals surface area contributed by atoms with Gasteiger partial charge in [-0.2, -0.15) is 0 Å². The van der Waals surface area contributed by atoms with Crippen LogP contribution in [0.1, 0.15) is 24.4 Å². The minimum absolute atomic E-state index is 0. The lowest BCUT2D eigenvalue weighted by Crippen LogP contribution is -2.45. The molecule has 1 saturated heterocycles. The predicted octanol–water partition coefficient (Wildman–Crippen LogP) is 3.46. The summed E-state index contributed by atoms with van der Waals surface area (Å²) in [6.45, 7) is 8.09. The number of ether oxygens (including phenoxy) is 2. The Morgan fingerprint density at radius 3 is 2.17 bits per heavy atom. The van der Waals surface area contributed by atoms with Crippen molar-refractivity contribution >= 4 is 24.8 Å². The predicted molar refractivity (Wildman–Crippen MR) is 101 cm³/mol. The largest absolute Gasteiger partial charge is 0.497 e. The van der Waals surface area contributed by atoms with E-state index in [2.05, 4.69) is 28.9 Å². The van der Waals surface area contributed by atoms with Gasteiger partial charge in [0.05, 0.1) is 14.2 Å². The van der Waals surface area contributed by atoms with Gasteiger partial charge in [0.1, 0.15) is 11.5 Å². The summed E-state index contributed by atoms with van der Waals surface area (Å²) in [6, 6.07) is 6.55. The first-order chi connectivity index (χ1) is 10.3. The van der Waals surface area contributed by atoms with Crippen LogP contribution in [0.15, 0.2) is 30.9 Å². The molecule has 2 rings (SSSR count). The smallest absolute Gasteiger partial charge is 0.122 e. The normalized spacial score (nSPS) is 15.7. The highest BCUT2D eigenvalue weighted by molar-refractivity contribution is 5.85. The molecule has 0 unspecified atom stereocenters. The highest BCUT2D eigenvalue weighted by Gasteiger charge is 2.22. The van der Waals surface area contributed by atoms with Gasteiger partial charge in [-0.15, -0.1) is 31.4 Å². The van der Waals surface area contributed by atoms with Gasteiger partial charge in [-0.25, -0.2) is 0 Å². The molecule has 0 amide bonds. The van der Waals surface area contributed by atoms with Crippen LogP contribution in [0.25, 0.3) is 0 Å². The Bertz CT molecular complexity index is 444. The van der Waals surface area contributed by atoms with E-state index in [1.54, 1.807) is 14.2 Å². The molecule has 1 aromatic carbocycles. The van der Waals surface area contributed by atoms with Crippen molar-refractivity contribution in [2.45, 2.75) is 18.9 Å². The minimum Gasteiger partial charge on any atom is -0.497 e. The number of hydrogen-bond donors (Lipinski definition) is 1. The van der Waals surface area contributed by atoms with E-state index in [0.29, 0.717) is 6.04 Å². The molecular weight excluding hydrogens is 335 g/mol. The SMILES string of the molecule is C=CCC[C@H](c1cc(OC)cc(OC)c1)N1CCNCC1.Cl.Cl. The maximum atomic E-state index is 5.41. The summed E-state index contributed by atoms with van der Waals surface area (Å²) < 4.78 is 10.8. The molecule has 0 spiro atoms. The molecule has 1 fully saturated rings. The molecule has 23 heavy (non-hydrogen) atoms. The van der Waals surface area contributed by atoms with Crippen LogP contribution in [0.5, 0.6) is 11.5 Å². The van der Waals surface area contributed by atoms with Crippen LogP contribution >= 0.6 is 24.8 Å². The average Bonchev–Trinajstić information content (AvgIpc) is 2.55. The van der Waals surface area contributed by atoms with Gasteiger partial charge < -0.3 is 14.8 Å². The fourth-order valence-corrected chi connectivity index (χ4v) is 2.85. The summed E-state index contributed by atoms with van der Waals surface area (Å²) >= 11 is 0. The van der Waals surface area contributed by atoms with E-state index in [1.807, 2.05) is 12.1 Å². The summed E-state index contributed by atoms with van der Waals surface area (Å²) in [4.78, 5) is 2.54. The first-order valence-corrected chi connectivity index (χ1v) is 7.57. The number of nitrogens with one attached hydrogen (secondary N) is 1. The highest BCUT2D eigenvalue weighted by atomic mass is 35.5. The van der Waals surface area contributed by atoms with E-state index in [0.717, 1.165) is 50.5 Å². The summed E-state index contributed by atoms with van der Waals surface area (Å²) in [5.74, 6) is 1.70. The lowest BCUT2D eigenvalue weighted by Gasteiger charge is -2.35. The average molecular weight is 363 g/mol. The number of nitrogens with zero attached hydrogens (tertiary/aromatic N) is 1. The van der Waals surface area contributed by atoms with Crippen molar-refractivity contribution in [1.82, 2.24) is 10.2 Å². The van der Waals surface area contributed by atoms with Crippen molar-refractivity contribution in [3.63, 3.8) is 0 Å². The number of piperazine rings is 1. The lowest BCUT2D eigenvalue weighted by molar-refractivity contribution is 0.165. The molecule has 1 N–H and O–H groups in total. The third kappa shape index (κ3) is 6.22. The molecule has 0 aliphatic carbocycles. The molecule has 4 nitrogen and oxygen atoms in total. The number of methoxy groups -OCH3 is 2. The Morgan fingerprint density at radius 1 is 1.13 bits per heavy atom.